The van der Waals surface area contributed by atoms with Gasteiger partial charge in [-0.2, -0.15) is 0 Å². The van der Waals surface area contributed by atoms with Crippen molar-refractivity contribution in [2.75, 3.05) is 0 Å². The maximum absolute atomic E-state index is 13.0. The number of para-hydroxylation sites is 2. The van der Waals surface area contributed by atoms with E-state index in [1.165, 1.54) is 11.1 Å². The van der Waals surface area contributed by atoms with Crippen molar-refractivity contribution in [2.24, 2.45) is 0 Å². The summed E-state index contributed by atoms with van der Waals surface area (Å²) >= 11 is 0. The van der Waals surface area contributed by atoms with Crippen LogP contribution in [0.1, 0.15) is 46.5 Å². The Morgan fingerprint density at radius 1 is 0.867 bits per heavy atom. The molecule has 146 valence electrons. The number of imide groups is 1. The average Bonchev–Trinajstić information content (AvgIpc) is 3.36. The van der Waals surface area contributed by atoms with Gasteiger partial charge in [0.15, 0.2) is 0 Å². The van der Waals surface area contributed by atoms with Gasteiger partial charge in [-0.3, -0.25) is 14.9 Å². The number of nitrogens with one attached hydrogen (secondary N) is 2. The lowest BCUT2D eigenvalue weighted by atomic mass is 9.90. The number of H-pyrrole nitrogens is 1. The summed E-state index contributed by atoms with van der Waals surface area (Å²) in [5, 5.41) is 6.32. The van der Waals surface area contributed by atoms with Crippen LogP contribution in [0.4, 0.5) is 0 Å². The first kappa shape index (κ1) is 16.2. The van der Waals surface area contributed by atoms with E-state index in [0.29, 0.717) is 11.1 Å². The minimum atomic E-state index is -0.308. The summed E-state index contributed by atoms with van der Waals surface area (Å²) in [4.78, 5) is 29.6. The zero-order chi connectivity index (χ0) is 20.4. The molecule has 2 aliphatic heterocycles. The summed E-state index contributed by atoms with van der Waals surface area (Å²) in [6.45, 7) is 4.52. The minimum absolute atomic E-state index is 0.105. The van der Waals surface area contributed by atoms with Gasteiger partial charge in [-0.25, -0.2) is 0 Å². The Hall–Kier alpha value is -3.60. The van der Waals surface area contributed by atoms with E-state index in [1.54, 1.807) is 0 Å². The Labute approximate surface area is 171 Å². The van der Waals surface area contributed by atoms with Crippen molar-refractivity contribution in [2.45, 2.75) is 32.2 Å². The third-order valence-electron chi connectivity index (χ3n) is 7.06. The molecule has 0 aliphatic carbocycles. The summed E-state index contributed by atoms with van der Waals surface area (Å²) in [5.41, 5.74) is 6.33. The van der Waals surface area contributed by atoms with Crippen molar-refractivity contribution < 1.29 is 9.59 Å². The summed E-state index contributed by atoms with van der Waals surface area (Å²) in [5.74, 6) is -0.605. The van der Waals surface area contributed by atoms with Crippen LogP contribution in [0.5, 0.6) is 0 Å². The van der Waals surface area contributed by atoms with Gasteiger partial charge in [0, 0.05) is 32.6 Å². The molecule has 2 aromatic heterocycles. The normalized spacial score (nSPS) is 17.4. The Bertz CT molecular complexity index is 1630. The topological polar surface area (TPSA) is 66.9 Å². The Morgan fingerprint density at radius 3 is 2.43 bits per heavy atom. The first-order chi connectivity index (χ1) is 14.5. The lowest BCUT2D eigenvalue weighted by molar-refractivity contribution is 0.0880. The third kappa shape index (κ3) is 1.67. The highest BCUT2D eigenvalue weighted by Crippen LogP contribution is 2.48. The second-order valence-corrected chi connectivity index (χ2v) is 9.14. The molecule has 0 fully saturated rings. The molecule has 5 nitrogen and oxygen atoms in total. The van der Waals surface area contributed by atoms with Crippen molar-refractivity contribution in [3.63, 3.8) is 0 Å². The zero-order valence-electron chi connectivity index (χ0n) is 16.7. The minimum Gasteiger partial charge on any atom is -0.353 e. The number of aryl methyl sites for hydroxylation is 1. The van der Waals surface area contributed by atoms with Crippen LogP contribution in [0.15, 0.2) is 42.5 Å². The summed E-state index contributed by atoms with van der Waals surface area (Å²) in [7, 11) is 0. The second-order valence-electron chi connectivity index (χ2n) is 9.14. The van der Waals surface area contributed by atoms with Gasteiger partial charge in [-0.1, -0.05) is 36.4 Å². The van der Waals surface area contributed by atoms with Crippen LogP contribution in [0.3, 0.4) is 0 Å². The number of hydrogen-bond donors (Lipinski definition) is 2. The standard InChI is InChI=1S/C25H19N3O2/c1-25(2)11-10-12-6-5-8-14-17-19-18(23(29)27-24(19)30)16-13-7-3-4-9-15(13)26-20(16)22(17)28(25)21(12)14/h3-9,26H,10-11H2,1-2H3,(H,27,29,30). The number of aromatic amines is 1. The number of nitrogens with zero attached hydrogens (tertiary/aromatic N) is 1. The van der Waals surface area contributed by atoms with E-state index in [4.69, 9.17) is 0 Å². The van der Waals surface area contributed by atoms with Crippen molar-refractivity contribution in [3.8, 4) is 0 Å². The molecule has 0 saturated carbocycles. The molecule has 4 heterocycles. The van der Waals surface area contributed by atoms with Crippen molar-refractivity contribution >= 4 is 55.4 Å². The molecule has 3 aromatic carbocycles. The lowest BCUT2D eigenvalue weighted by Gasteiger charge is -2.34. The fourth-order valence-electron chi connectivity index (χ4n) is 5.77. The Kier molecular flexibility index (Phi) is 2.66. The number of rotatable bonds is 0. The molecule has 0 bridgehead atoms. The smallest absolute Gasteiger partial charge is 0.259 e. The van der Waals surface area contributed by atoms with Gasteiger partial charge in [-0.15, -0.1) is 0 Å². The fourth-order valence-corrected chi connectivity index (χ4v) is 5.77. The highest BCUT2D eigenvalue weighted by Gasteiger charge is 2.39. The summed E-state index contributed by atoms with van der Waals surface area (Å²) in [6, 6.07) is 14.3. The molecule has 0 radical (unpaired) electrons. The monoisotopic (exact) mass is 393 g/mol. The lowest BCUT2D eigenvalue weighted by Crippen LogP contribution is -2.30. The second kappa shape index (κ2) is 4.93. The van der Waals surface area contributed by atoms with Crippen LogP contribution in [-0.2, 0) is 12.0 Å². The number of hydrogen-bond acceptors (Lipinski definition) is 2. The number of aromatic nitrogens is 2. The van der Waals surface area contributed by atoms with E-state index < -0.39 is 0 Å². The van der Waals surface area contributed by atoms with Gasteiger partial charge in [-0.05, 0) is 38.3 Å². The van der Waals surface area contributed by atoms with Crippen LogP contribution in [0, 0.1) is 0 Å². The molecule has 0 atom stereocenters. The predicted octanol–water partition coefficient (Wildman–Crippen LogP) is 4.99. The zero-order valence-corrected chi connectivity index (χ0v) is 16.7. The highest BCUT2D eigenvalue weighted by atomic mass is 16.2. The van der Waals surface area contributed by atoms with Gasteiger partial charge in [0.2, 0.25) is 0 Å². The molecule has 5 aromatic rings. The number of fused-ring (bicyclic) bond motifs is 10. The van der Waals surface area contributed by atoms with Crippen LogP contribution < -0.4 is 5.32 Å². The van der Waals surface area contributed by atoms with Crippen LogP contribution in [0.25, 0.3) is 43.6 Å². The maximum atomic E-state index is 13.0. The molecule has 2 aliphatic rings. The van der Waals surface area contributed by atoms with Gasteiger partial charge in [0.25, 0.3) is 11.8 Å². The van der Waals surface area contributed by atoms with E-state index >= 15 is 0 Å². The van der Waals surface area contributed by atoms with Gasteiger partial charge in [0.1, 0.15) is 0 Å². The van der Waals surface area contributed by atoms with E-state index in [0.717, 1.165) is 50.9 Å². The van der Waals surface area contributed by atoms with E-state index in [-0.39, 0.29) is 17.4 Å². The van der Waals surface area contributed by atoms with Crippen molar-refractivity contribution in [1.82, 2.24) is 14.9 Å². The Balaban J connectivity index is 1.91. The van der Waals surface area contributed by atoms with Crippen molar-refractivity contribution in [3.05, 3.63) is 59.2 Å². The Morgan fingerprint density at radius 2 is 1.60 bits per heavy atom. The molecule has 30 heavy (non-hydrogen) atoms. The molecule has 2 amide bonds. The largest absolute Gasteiger partial charge is 0.353 e. The molecular formula is C25H19N3O2. The van der Waals surface area contributed by atoms with Gasteiger partial charge < -0.3 is 9.55 Å². The molecule has 7 rings (SSSR count). The fraction of sp³-hybridized carbons (Fsp3) is 0.200. The van der Waals surface area contributed by atoms with E-state index in [9.17, 15) is 9.59 Å². The quantitative estimate of drug-likeness (QED) is 0.364. The third-order valence-corrected chi connectivity index (χ3v) is 7.06. The molecule has 2 N–H and O–H groups in total. The summed E-state index contributed by atoms with van der Waals surface area (Å²) < 4.78 is 2.41. The number of carbonyl (C=O) groups excluding carboxylic acids is 2. The highest BCUT2D eigenvalue weighted by molar-refractivity contribution is 6.39. The van der Waals surface area contributed by atoms with Crippen LogP contribution in [0.2, 0.25) is 0 Å². The first-order valence-electron chi connectivity index (χ1n) is 10.4. The van der Waals surface area contributed by atoms with Crippen LogP contribution >= 0.6 is 0 Å². The molecule has 5 heteroatoms. The van der Waals surface area contributed by atoms with Gasteiger partial charge >= 0.3 is 0 Å². The van der Waals surface area contributed by atoms with Crippen LogP contribution in [-0.4, -0.2) is 21.4 Å². The molecule has 0 unspecified atom stereocenters. The molecule has 0 saturated heterocycles. The molecular weight excluding hydrogens is 374 g/mol. The van der Waals surface area contributed by atoms with Crippen molar-refractivity contribution in [1.29, 1.82) is 0 Å². The van der Waals surface area contributed by atoms with E-state index in [2.05, 4.69) is 46.9 Å². The number of amides is 2. The maximum Gasteiger partial charge on any atom is 0.259 e. The average molecular weight is 393 g/mol. The first-order valence-corrected chi connectivity index (χ1v) is 10.4. The van der Waals surface area contributed by atoms with E-state index in [1.807, 2.05) is 24.3 Å². The summed E-state index contributed by atoms with van der Waals surface area (Å²) in [6.07, 6.45) is 2.02. The number of carbonyl (C=O) groups is 2. The SMILES string of the molecule is CC1(C)CCc2cccc3c4c5c(c6c7ccccc7[nH]c6c4n1c23)C(=O)NC5=O. The predicted molar refractivity (Wildman–Crippen MR) is 118 cm³/mol. The molecule has 0 spiro atoms. The number of benzene rings is 3. The van der Waals surface area contributed by atoms with Gasteiger partial charge in [0.05, 0.1) is 27.7 Å².